The number of amides is 2. The average molecular weight is 726 g/mol. The van der Waals surface area contributed by atoms with E-state index < -0.39 is 12.4 Å². The number of carbonyl (C=O) groups is 2. The maximum absolute atomic E-state index is 12.4. The van der Waals surface area contributed by atoms with E-state index in [0.717, 1.165) is 52.6 Å². The quantitative estimate of drug-likeness (QED) is 0.0397. The van der Waals surface area contributed by atoms with Crippen molar-refractivity contribution in [2.24, 2.45) is 0 Å². The highest BCUT2D eigenvalue weighted by molar-refractivity contribution is 5.76. The molecule has 1 aliphatic rings. The van der Waals surface area contributed by atoms with Gasteiger partial charge in [0.15, 0.2) is 6.29 Å². The van der Waals surface area contributed by atoms with Crippen LogP contribution in [0.25, 0.3) is 11.1 Å². The Balaban J connectivity index is 1.19. The lowest BCUT2D eigenvalue weighted by molar-refractivity contribution is -0.252. The molecule has 0 radical (unpaired) electrons. The Morgan fingerprint density at radius 2 is 1.51 bits per heavy atom. The van der Waals surface area contributed by atoms with Crippen molar-refractivity contribution in [3.05, 3.63) is 125 Å². The number of aliphatic hydroxyl groups excluding tert-OH is 2. The predicted octanol–water partition coefficient (Wildman–Crippen LogP) is 6.22. The van der Waals surface area contributed by atoms with Crippen LogP contribution in [-0.2, 0) is 32.2 Å². The lowest BCUT2D eigenvalue weighted by Gasteiger charge is -2.38. The van der Waals surface area contributed by atoms with E-state index in [1.165, 1.54) is 0 Å². The molecule has 5 rings (SSSR count). The Hall–Kier alpha value is -4.62. The second-order valence-corrected chi connectivity index (χ2v) is 13.7. The van der Waals surface area contributed by atoms with E-state index in [-0.39, 0.29) is 42.8 Å². The van der Waals surface area contributed by atoms with E-state index >= 15 is 0 Å². The fraction of sp³-hybridized carbons (Fsp3) is 0.381. The lowest BCUT2D eigenvalue weighted by atomic mass is 9.98. The molecular formula is C42H51N3O8. The number of nitrogens with zero attached hydrogens (tertiary/aromatic N) is 1. The summed E-state index contributed by atoms with van der Waals surface area (Å²) < 4.78 is 13.1. The molecule has 0 spiro atoms. The summed E-state index contributed by atoms with van der Waals surface area (Å²) in [5.74, 6) is -0.290. The number of phenolic OH excluding ortho intramolecular Hbond substituents is 1. The molecule has 1 heterocycles. The molecule has 4 unspecified atom stereocenters. The fourth-order valence-corrected chi connectivity index (χ4v) is 6.55. The van der Waals surface area contributed by atoms with E-state index in [0.29, 0.717) is 44.5 Å². The van der Waals surface area contributed by atoms with Crippen LogP contribution in [0.15, 0.2) is 97.1 Å². The molecule has 0 saturated carbocycles. The SMILES string of the molecule is CN(CC1CC(c2ccc(CO)cc2)OC(c2ccc(-c3cccc(CNC(=O)CCCCCCC(=O)NO)c3)cc2)O1)CC(O)c1cccc(O)c1. The molecule has 11 heteroatoms. The topological polar surface area (TPSA) is 161 Å². The molecule has 4 aromatic carbocycles. The largest absolute Gasteiger partial charge is 0.508 e. The zero-order valence-electron chi connectivity index (χ0n) is 30.2. The third-order valence-corrected chi connectivity index (χ3v) is 9.49. The second kappa shape index (κ2) is 20.0. The molecule has 1 aliphatic heterocycles. The van der Waals surface area contributed by atoms with Crippen LogP contribution in [0.4, 0.5) is 0 Å². The Morgan fingerprint density at radius 1 is 0.811 bits per heavy atom. The van der Waals surface area contributed by atoms with E-state index in [1.807, 2.05) is 78.7 Å². The van der Waals surface area contributed by atoms with Crippen LogP contribution in [0.1, 0.15) is 91.3 Å². The highest BCUT2D eigenvalue weighted by atomic mass is 16.7. The van der Waals surface area contributed by atoms with Crippen LogP contribution in [0.2, 0.25) is 0 Å². The van der Waals surface area contributed by atoms with Crippen LogP contribution in [0, 0.1) is 0 Å². The van der Waals surface area contributed by atoms with Gasteiger partial charge in [-0.3, -0.25) is 14.8 Å². The summed E-state index contributed by atoms with van der Waals surface area (Å²) >= 11 is 0. The molecule has 2 amide bonds. The predicted molar refractivity (Wildman–Crippen MR) is 200 cm³/mol. The molecule has 282 valence electrons. The minimum absolute atomic E-state index is 0.0138. The summed E-state index contributed by atoms with van der Waals surface area (Å²) in [5, 5.41) is 41.8. The van der Waals surface area contributed by atoms with Crippen molar-refractivity contribution in [1.29, 1.82) is 0 Å². The first kappa shape index (κ1) is 39.6. The van der Waals surface area contributed by atoms with Crippen LogP contribution in [0.5, 0.6) is 5.75 Å². The molecule has 0 aliphatic carbocycles. The van der Waals surface area contributed by atoms with Crippen molar-refractivity contribution >= 4 is 11.8 Å². The van der Waals surface area contributed by atoms with E-state index in [9.17, 15) is 24.9 Å². The average Bonchev–Trinajstić information content (AvgIpc) is 3.18. The van der Waals surface area contributed by atoms with Crippen LogP contribution >= 0.6 is 0 Å². The highest BCUT2D eigenvalue weighted by Crippen LogP contribution is 2.39. The molecule has 4 atom stereocenters. The van der Waals surface area contributed by atoms with Gasteiger partial charge in [-0.25, -0.2) is 5.48 Å². The molecule has 1 saturated heterocycles. The van der Waals surface area contributed by atoms with Gasteiger partial charge in [0.1, 0.15) is 5.75 Å². The normalized spacial score (nSPS) is 17.7. The number of likely N-dealkylation sites (N-methyl/N-ethyl adjacent to an activating group) is 1. The van der Waals surface area contributed by atoms with Crippen LogP contribution < -0.4 is 10.8 Å². The number of hydrogen-bond donors (Lipinski definition) is 6. The third-order valence-electron chi connectivity index (χ3n) is 9.49. The maximum Gasteiger partial charge on any atom is 0.243 e. The monoisotopic (exact) mass is 725 g/mol. The molecule has 1 fully saturated rings. The summed E-state index contributed by atoms with van der Waals surface area (Å²) in [5.41, 5.74) is 8.00. The van der Waals surface area contributed by atoms with Gasteiger partial charge in [0, 0.05) is 44.5 Å². The summed E-state index contributed by atoms with van der Waals surface area (Å²) in [6, 6.07) is 30.6. The fourth-order valence-electron chi connectivity index (χ4n) is 6.55. The first-order valence-corrected chi connectivity index (χ1v) is 18.3. The van der Waals surface area contributed by atoms with Gasteiger partial charge in [-0.1, -0.05) is 91.7 Å². The van der Waals surface area contributed by atoms with Gasteiger partial charge >= 0.3 is 0 Å². The summed E-state index contributed by atoms with van der Waals surface area (Å²) in [6.45, 7) is 1.30. The van der Waals surface area contributed by atoms with Crippen molar-refractivity contribution in [2.75, 3.05) is 20.1 Å². The Kier molecular flexibility index (Phi) is 14.9. The van der Waals surface area contributed by atoms with Crippen molar-refractivity contribution in [1.82, 2.24) is 15.7 Å². The van der Waals surface area contributed by atoms with Crippen LogP contribution in [0.3, 0.4) is 0 Å². The highest BCUT2D eigenvalue weighted by Gasteiger charge is 2.33. The van der Waals surface area contributed by atoms with Gasteiger partial charge in [-0.05, 0) is 71.5 Å². The number of unbranched alkanes of at least 4 members (excludes halogenated alkanes) is 3. The van der Waals surface area contributed by atoms with Gasteiger partial charge in [-0.2, -0.15) is 0 Å². The van der Waals surface area contributed by atoms with Crippen LogP contribution in [-0.4, -0.2) is 63.5 Å². The molecule has 53 heavy (non-hydrogen) atoms. The number of benzene rings is 4. The molecule has 0 bridgehead atoms. The van der Waals surface area contributed by atoms with Crippen molar-refractivity contribution < 1.29 is 39.6 Å². The van der Waals surface area contributed by atoms with E-state index in [1.54, 1.807) is 29.7 Å². The minimum atomic E-state index is -0.774. The Morgan fingerprint density at radius 3 is 2.21 bits per heavy atom. The zero-order valence-corrected chi connectivity index (χ0v) is 30.2. The van der Waals surface area contributed by atoms with E-state index in [2.05, 4.69) is 11.4 Å². The van der Waals surface area contributed by atoms with Gasteiger partial charge in [-0.15, -0.1) is 0 Å². The van der Waals surface area contributed by atoms with Gasteiger partial charge in [0.2, 0.25) is 11.8 Å². The van der Waals surface area contributed by atoms with Gasteiger partial charge < -0.3 is 35.0 Å². The third kappa shape index (κ3) is 12.2. The Bertz CT molecular complexity index is 1750. The molecular weight excluding hydrogens is 674 g/mol. The number of nitrogens with one attached hydrogen (secondary N) is 2. The minimum Gasteiger partial charge on any atom is -0.508 e. The van der Waals surface area contributed by atoms with Crippen molar-refractivity contribution in [2.45, 2.75) is 82.7 Å². The standard InChI is InChI=1S/C42H51N3O8/c1-45(27-38(48)35-10-7-11-36(47)23-35)26-37-24-39(32-16-14-29(28-46)15-17-32)53-42(52-37)33-20-18-31(19-21-33)34-9-6-8-30(22-34)25-43-40(49)12-4-2-3-5-13-41(50)44-51/h6-11,14-23,37-39,42,46-48,51H,2-5,12-13,24-28H2,1H3,(H,43,49)(H,44,50). The number of hydrogen-bond acceptors (Lipinski definition) is 9. The molecule has 4 aromatic rings. The van der Waals surface area contributed by atoms with Gasteiger partial charge in [0.25, 0.3) is 0 Å². The number of rotatable bonds is 18. The molecule has 11 nitrogen and oxygen atoms in total. The second-order valence-electron chi connectivity index (χ2n) is 13.7. The Labute approximate surface area is 311 Å². The number of aliphatic hydroxyl groups is 2. The summed E-state index contributed by atoms with van der Waals surface area (Å²) in [7, 11) is 1.94. The first-order valence-electron chi connectivity index (χ1n) is 18.3. The maximum atomic E-state index is 12.4. The number of hydroxylamine groups is 1. The summed E-state index contributed by atoms with van der Waals surface area (Å²) in [4.78, 5) is 25.5. The molecule has 0 aromatic heterocycles. The number of ether oxygens (including phenoxy) is 2. The number of aromatic hydroxyl groups is 1. The van der Waals surface area contributed by atoms with Gasteiger partial charge in [0.05, 0.1) is 24.9 Å². The van der Waals surface area contributed by atoms with E-state index in [4.69, 9.17) is 14.7 Å². The lowest BCUT2D eigenvalue weighted by Crippen LogP contribution is -2.39. The number of phenols is 1. The first-order chi connectivity index (χ1) is 25.7. The summed E-state index contributed by atoms with van der Waals surface area (Å²) in [6.07, 6.45) is 2.54. The smallest absolute Gasteiger partial charge is 0.243 e. The zero-order chi connectivity index (χ0) is 37.6. The molecule has 6 N–H and O–H groups in total. The van der Waals surface area contributed by atoms with Crippen molar-refractivity contribution in [3.63, 3.8) is 0 Å². The number of carbonyl (C=O) groups excluding carboxylic acids is 2. The van der Waals surface area contributed by atoms with Crippen molar-refractivity contribution in [3.8, 4) is 16.9 Å².